The molecule has 64 valence electrons. The van der Waals surface area contributed by atoms with Gasteiger partial charge in [0.2, 0.25) is 5.91 Å². The van der Waals surface area contributed by atoms with E-state index in [1.165, 1.54) is 0 Å². The van der Waals surface area contributed by atoms with Gasteiger partial charge in [-0.15, -0.1) is 0 Å². The summed E-state index contributed by atoms with van der Waals surface area (Å²) in [5.74, 6) is 0.0810. The Kier molecular flexibility index (Phi) is 2.81. The maximum absolute atomic E-state index is 11.0. The van der Waals surface area contributed by atoms with Gasteiger partial charge in [0.1, 0.15) is 0 Å². The second-order valence-electron chi connectivity index (χ2n) is 2.59. The summed E-state index contributed by atoms with van der Waals surface area (Å²) in [6, 6.07) is 0. The van der Waals surface area contributed by atoms with E-state index < -0.39 is 6.23 Å². The van der Waals surface area contributed by atoms with Crippen LogP contribution in [0.15, 0.2) is 0 Å². The first-order valence-corrected chi connectivity index (χ1v) is 3.57. The van der Waals surface area contributed by atoms with Crippen molar-refractivity contribution < 1.29 is 14.9 Å². The van der Waals surface area contributed by atoms with Crippen molar-refractivity contribution >= 4 is 5.91 Å². The third-order valence-electron chi connectivity index (χ3n) is 1.71. The fraction of sp³-hybridized carbons (Fsp3) is 0.833. The zero-order chi connectivity index (χ0) is 8.27. The van der Waals surface area contributed by atoms with E-state index in [2.05, 4.69) is 4.89 Å². The average molecular weight is 160 g/mol. The molecular formula is C6H12N2O3. The minimum absolute atomic E-state index is 0.0810. The molecule has 0 aromatic carbocycles. The number of carbonyl (C=O) groups is 1. The zero-order valence-electron chi connectivity index (χ0n) is 6.19. The maximum atomic E-state index is 11.0. The molecule has 1 fully saturated rings. The number of hydrogen-bond acceptors (Lipinski definition) is 4. The Bertz CT molecular complexity index is 151. The number of nitrogens with two attached hydrogens (primary N) is 1. The van der Waals surface area contributed by atoms with Gasteiger partial charge in [-0.25, -0.2) is 4.89 Å². The molecule has 0 spiro atoms. The molecule has 0 unspecified atom stereocenters. The molecule has 0 radical (unpaired) electrons. The SMILES string of the molecule is N[C@@H](CN1CCCC1=O)OO. The van der Waals surface area contributed by atoms with E-state index in [4.69, 9.17) is 11.0 Å². The quantitative estimate of drug-likeness (QED) is 0.328. The number of carbonyl (C=O) groups excluding carboxylic acids is 1. The van der Waals surface area contributed by atoms with Crippen LogP contribution in [0.3, 0.4) is 0 Å². The Hall–Kier alpha value is -0.650. The summed E-state index contributed by atoms with van der Waals surface area (Å²) in [6.45, 7) is 0.991. The monoisotopic (exact) mass is 160 g/mol. The van der Waals surface area contributed by atoms with Crippen molar-refractivity contribution in [3.8, 4) is 0 Å². The number of nitrogens with zero attached hydrogens (tertiary/aromatic N) is 1. The normalized spacial score (nSPS) is 20.9. The first kappa shape index (κ1) is 8.45. The largest absolute Gasteiger partial charge is 0.339 e. The Morgan fingerprint density at radius 1 is 1.82 bits per heavy atom. The van der Waals surface area contributed by atoms with E-state index in [9.17, 15) is 4.79 Å². The fourth-order valence-corrected chi connectivity index (χ4v) is 1.15. The van der Waals surface area contributed by atoms with Crippen LogP contribution in [0.1, 0.15) is 12.8 Å². The van der Waals surface area contributed by atoms with Crippen LogP contribution >= 0.6 is 0 Å². The van der Waals surface area contributed by atoms with E-state index >= 15 is 0 Å². The van der Waals surface area contributed by atoms with Gasteiger partial charge in [-0.05, 0) is 6.42 Å². The third kappa shape index (κ3) is 2.14. The number of likely N-dealkylation sites (tertiary alicyclic amines) is 1. The van der Waals surface area contributed by atoms with Crippen molar-refractivity contribution in [2.75, 3.05) is 13.1 Å². The molecule has 0 aliphatic carbocycles. The Labute approximate surface area is 64.7 Å². The van der Waals surface area contributed by atoms with Gasteiger partial charge in [0.15, 0.2) is 6.23 Å². The third-order valence-corrected chi connectivity index (χ3v) is 1.71. The molecule has 0 bridgehead atoms. The molecule has 1 saturated heterocycles. The van der Waals surface area contributed by atoms with Crippen LogP contribution in [0.4, 0.5) is 0 Å². The molecule has 5 heteroatoms. The molecule has 0 aromatic rings. The number of amides is 1. The maximum Gasteiger partial charge on any atom is 0.222 e. The predicted molar refractivity (Wildman–Crippen MR) is 37.5 cm³/mol. The lowest BCUT2D eigenvalue weighted by molar-refractivity contribution is -0.278. The van der Waals surface area contributed by atoms with E-state index in [0.717, 1.165) is 13.0 Å². The number of hydrogen-bond donors (Lipinski definition) is 2. The van der Waals surface area contributed by atoms with Crippen LogP contribution in [0.25, 0.3) is 0 Å². The van der Waals surface area contributed by atoms with Crippen molar-refractivity contribution in [3.63, 3.8) is 0 Å². The van der Waals surface area contributed by atoms with Crippen molar-refractivity contribution in [2.24, 2.45) is 5.73 Å². The molecule has 1 rings (SSSR count). The van der Waals surface area contributed by atoms with Crippen molar-refractivity contribution in [3.05, 3.63) is 0 Å². The summed E-state index contributed by atoms with van der Waals surface area (Å²) in [4.78, 5) is 16.4. The summed E-state index contributed by atoms with van der Waals surface area (Å²) in [6.07, 6.45) is 0.673. The van der Waals surface area contributed by atoms with Crippen LogP contribution in [-0.2, 0) is 9.68 Å². The molecular weight excluding hydrogens is 148 g/mol. The summed E-state index contributed by atoms with van der Waals surface area (Å²) in [5.41, 5.74) is 5.25. The standard InChI is InChI=1S/C6H12N2O3/c7-5(11-10)4-8-3-1-2-6(8)9/h5,10H,1-4,7H2/t5-/m1/s1. The average Bonchev–Trinajstić information content (AvgIpc) is 2.37. The summed E-state index contributed by atoms with van der Waals surface area (Å²) in [5, 5.41) is 8.12. The highest BCUT2D eigenvalue weighted by molar-refractivity contribution is 5.78. The van der Waals surface area contributed by atoms with Gasteiger partial charge in [0.05, 0.1) is 6.54 Å². The predicted octanol–water partition coefficient (Wildman–Crippen LogP) is -0.617. The zero-order valence-corrected chi connectivity index (χ0v) is 6.19. The Balaban J connectivity index is 2.30. The first-order chi connectivity index (χ1) is 5.24. The Morgan fingerprint density at radius 3 is 3.00 bits per heavy atom. The van der Waals surface area contributed by atoms with E-state index in [1.807, 2.05) is 0 Å². The highest BCUT2D eigenvalue weighted by Crippen LogP contribution is 2.09. The van der Waals surface area contributed by atoms with Crippen LogP contribution in [-0.4, -0.2) is 35.4 Å². The van der Waals surface area contributed by atoms with Crippen molar-refractivity contribution in [1.29, 1.82) is 0 Å². The van der Waals surface area contributed by atoms with Gasteiger partial charge in [-0.2, -0.15) is 0 Å². The first-order valence-electron chi connectivity index (χ1n) is 3.57. The molecule has 1 aliphatic heterocycles. The summed E-state index contributed by atoms with van der Waals surface area (Å²) < 4.78 is 0. The highest BCUT2D eigenvalue weighted by atomic mass is 17.1. The van der Waals surface area contributed by atoms with Crippen LogP contribution in [0, 0.1) is 0 Å². The van der Waals surface area contributed by atoms with Gasteiger partial charge in [0.25, 0.3) is 0 Å². The molecule has 1 atom stereocenters. The molecule has 0 aromatic heterocycles. The van der Waals surface area contributed by atoms with E-state index in [1.54, 1.807) is 4.90 Å². The highest BCUT2D eigenvalue weighted by Gasteiger charge is 2.21. The number of rotatable bonds is 3. The molecule has 11 heavy (non-hydrogen) atoms. The minimum Gasteiger partial charge on any atom is -0.339 e. The molecule has 3 N–H and O–H groups in total. The molecule has 1 amide bonds. The van der Waals surface area contributed by atoms with Gasteiger partial charge < -0.3 is 10.6 Å². The van der Waals surface area contributed by atoms with Crippen LogP contribution < -0.4 is 5.73 Å². The van der Waals surface area contributed by atoms with Gasteiger partial charge in [-0.3, -0.25) is 10.1 Å². The lowest BCUT2D eigenvalue weighted by Gasteiger charge is -2.17. The minimum atomic E-state index is -0.781. The second-order valence-corrected chi connectivity index (χ2v) is 2.59. The van der Waals surface area contributed by atoms with Crippen molar-refractivity contribution in [2.45, 2.75) is 19.1 Å². The van der Waals surface area contributed by atoms with Crippen molar-refractivity contribution in [1.82, 2.24) is 4.90 Å². The molecule has 0 saturated carbocycles. The molecule has 1 aliphatic rings. The summed E-state index contributed by atoms with van der Waals surface area (Å²) >= 11 is 0. The molecule has 1 heterocycles. The van der Waals surface area contributed by atoms with E-state index in [0.29, 0.717) is 6.42 Å². The van der Waals surface area contributed by atoms with Gasteiger partial charge >= 0.3 is 0 Å². The van der Waals surface area contributed by atoms with Crippen LogP contribution in [0.2, 0.25) is 0 Å². The lowest BCUT2D eigenvalue weighted by atomic mass is 10.4. The lowest BCUT2D eigenvalue weighted by Crippen LogP contribution is -2.39. The summed E-state index contributed by atoms with van der Waals surface area (Å²) in [7, 11) is 0. The van der Waals surface area contributed by atoms with Crippen LogP contribution in [0.5, 0.6) is 0 Å². The topological polar surface area (TPSA) is 75.8 Å². The van der Waals surface area contributed by atoms with Gasteiger partial charge in [-0.1, -0.05) is 0 Å². The smallest absolute Gasteiger partial charge is 0.222 e. The van der Waals surface area contributed by atoms with Gasteiger partial charge in [0, 0.05) is 13.0 Å². The van der Waals surface area contributed by atoms with E-state index in [-0.39, 0.29) is 12.5 Å². The second kappa shape index (κ2) is 3.66. The fourth-order valence-electron chi connectivity index (χ4n) is 1.15. The molecule has 5 nitrogen and oxygen atoms in total. The Morgan fingerprint density at radius 2 is 2.55 bits per heavy atom.